The second kappa shape index (κ2) is 38.5. The van der Waals surface area contributed by atoms with E-state index in [0.29, 0.717) is 142 Å². The van der Waals surface area contributed by atoms with Gasteiger partial charge in [-0.2, -0.15) is 45.7 Å². The Morgan fingerprint density at radius 2 is 0.961 bits per heavy atom. The topological polar surface area (TPSA) is 273 Å². The van der Waals surface area contributed by atoms with Gasteiger partial charge in [-0.15, -0.1) is 0 Å². The monoisotopic (exact) mass is 1720 g/mol. The molecule has 2 amide bonds. The molecule has 9 aliphatic heterocycles. The quantitative estimate of drug-likeness (QED) is 0.0370. The summed E-state index contributed by atoms with van der Waals surface area (Å²) < 4.78 is 20.6. The zero-order valence-corrected chi connectivity index (χ0v) is 74.6. The molecule has 4 unspecified atom stereocenters. The molecule has 28 heteroatoms. The fourth-order valence-corrected chi connectivity index (χ4v) is 21.5. The molecule has 6 saturated heterocycles. The maximum atomic E-state index is 13.7. The molecule has 0 bridgehead atoms. The minimum atomic E-state index is -0.862. The van der Waals surface area contributed by atoms with Crippen LogP contribution in [-0.2, 0) is 48.5 Å². The average molecular weight is 1720 g/mol. The number of hydrogen-bond donors (Lipinski definition) is 1. The summed E-state index contributed by atoms with van der Waals surface area (Å²) in [5.74, 6) is 2.53. The van der Waals surface area contributed by atoms with Gasteiger partial charge in [0.25, 0.3) is 0 Å². The molecule has 12 heterocycles. The summed E-state index contributed by atoms with van der Waals surface area (Å²) in [7, 11) is 8.29. The summed E-state index contributed by atoms with van der Waals surface area (Å²) >= 11 is 0. The molecular formula is C100H118N22O6. The fraction of sp³-hybridized carbons (Fsp3) is 0.470. The first-order valence-electron chi connectivity index (χ1n) is 46.0. The van der Waals surface area contributed by atoms with E-state index in [2.05, 4.69) is 212 Å². The first kappa shape index (κ1) is 86.7. The number of rotatable bonds is 27. The highest BCUT2D eigenvalue weighted by molar-refractivity contribution is 5.97. The van der Waals surface area contributed by atoms with Crippen LogP contribution in [0.3, 0.4) is 0 Å². The Balaban J connectivity index is 0.598. The number of aliphatic hydroxyl groups is 1. The Hall–Kier alpha value is -12.1. The lowest BCUT2D eigenvalue weighted by atomic mass is 9.92. The van der Waals surface area contributed by atoms with E-state index in [1.165, 1.54) is 50.2 Å². The third-order valence-corrected chi connectivity index (χ3v) is 28.4. The summed E-state index contributed by atoms with van der Waals surface area (Å²) in [5, 5.41) is 48.5. The maximum Gasteiger partial charge on any atom is 0.318 e. The van der Waals surface area contributed by atoms with Crippen LogP contribution >= 0.6 is 0 Å². The number of piperazine rings is 3. The second-order valence-electron chi connectivity index (χ2n) is 36.4. The molecule has 0 spiro atoms. The normalized spacial score (nSPS) is 22.7. The highest BCUT2D eigenvalue weighted by Gasteiger charge is 2.42. The molecule has 128 heavy (non-hydrogen) atoms. The highest BCUT2D eigenvalue weighted by atomic mass is 16.5. The molecule has 0 radical (unpaired) electrons. The number of likely N-dealkylation sites (N-methyl/N-ethyl adjacent to an activating group) is 4. The van der Waals surface area contributed by atoms with Gasteiger partial charge in [-0.3, -0.25) is 24.3 Å². The van der Waals surface area contributed by atoms with Gasteiger partial charge in [-0.1, -0.05) is 123 Å². The van der Waals surface area contributed by atoms with E-state index in [0.717, 1.165) is 145 Å². The predicted molar refractivity (Wildman–Crippen MR) is 499 cm³/mol. The van der Waals surface area contributed by atoms with Gasteiger partial charge in [0.2, 0.25) is 11.8 Å². The molecule has 0 aliphatic carbocycles. The van der Waals surface area contributed by atoms with Crippen LogP contribution in [0.1, 0.15) is 109 Å². The van der Waals surface area contributed by atoms with E-state index in [1.807, 2.05) is 34.9 Å². The zero-order chi connectivity index (χ0) is 88.2. The minimum absolute atomic E-state index is 0.0219. The van der Waals surface area contributed by atoms with E-state index < -0.39 is 6.23 Å². The Kier molecular flexibility index (Phi) is 26.0. The van der Waals surface area contributed by atoms with Gasteiger partial charge < -0.3 is 68.3 Å². The molecule has 3 aromatic heterocycles. The number of nitrogens with zero attached hydrogens (tertiary/aromatic N) is 22. The van der Waals surface area contributed by atoms with Gasteiger partial charge in [-0.05, 0) is 156 Å². The number of aliphatic hydroxyl groups excluding tert-OH is 1. The van der Waals surface area contributed by atoms with Gasteiger partial charge >= 0.3 is 18.0 Å². The molecule has 664 valence electrons. The SMILES string of the molecule is C=CC(=O)N1CCN(c2nc(OC[C@@H]3CC(c4cc(N5CCc6c(nc(OC[C@@H]7CCCN7C)nc6N6CCN(C(=O)/C=C/CN(C)C)[C@@H](CC#N)C6)C5)c5ccccc5c4)CN3C)nc3c2CCN(c2cc(C4C[C@@H](COc5nc6c(c(N7CCN(C(O)C=C)C(CC#N)C7)n5)CCN(c5cccc7ccccc57)C6)N(CC)C4)cc4ccccc24)C3)C[C@@H]1CC#N. The minimum Gasteiger partial charge on any atom is -0.462 e. The van der Waals surface area contributed by atoms with Crippen LogP contribution in [0.2, 0.25) is 0 Å². The van der Waals surface area contributed by atoms with Crippen LogP contribution in [0.4, 0.5) is 34.5 Å². The lowest BCUT2D eigenvalue weighted by Gasteiger charge is -2.43. The highest BCUT2D eigenvalue weighted by Crippen LogP contribution is 2.45. The number of carbonyl (C=O) groups is 2. The number of fused-ring (bicyclic) bond motifs is 6. The third kappa shape index (κ3) is 18.2. The molecule has 18 rings (SSSR count). The summed E-state index contributed by atoms with van der Waals surface area (Å²) in [6.45, 7) is 23.6. The Labute approximate surface area is 751 Å². The van der Waals surface area contributed by atoms with Gasteiger partial charge in [0, 0.05) is 178 Å². The van der Waals surface area contributed by atoms with Gasteiger partial charge in [0.05, 0.1) is 86.3 Å². The Morgan fingerprint density at radius 1 is 0.500 bits per heavy atom. The van der Waals surface area contributed by atoms with Crippen LogP contribution in [0, 0.1) is 34.0 Å². The summed E-state index contributed by atoms with van der Waals surface area (Å²) in [5.41, 5.74) is 11.9. The van der Waals surface area contributed by atoms with Gasteiger partial charge in [0.1, 0.15) is 43.5 Å². The van der Waals surface area contributed by atoms with E-state index in [1.54, 1.807) is 11.0 Å². The number of aromatic nitrogens is 6. The molecule has 9 aromatic rings. The fourth-order valence-electron chi connectivity index (χ4n) is 21.5. The molecule has 9 atom stereocenters. The number of hydrogen-bond acceptors (Lipinski definition) is 26. The van der Waals surface area contributed by atoms with E-state index in [4.69, 9.17) is 44.1 Å². The van der Waals surface area contributed by atoms with E-state index in [9.17, 15) is 30.5 Å². The van der Waals surface area contributed by atoms with Gasteiger partial charge in [-0.25, -0.2) is 0 Å². The zero-order valence-electron chi connectivity index (χ0n) is 74.6. The smallest absolute Gasteiger partial charge is 0.318 e. The summed E-state index contributed by atoms with van der Waals surface area (Å²) in [4.78, 5) is 88.1. The first-order chi connectivity index (χ1) is 62.5. The first-order valence-corrected chi connectivity index (χ1v) is 46.0. The maximum absolute atomic E-state index is 13.7. The van der Waals surface area contributed by atoms with Crippen molar-refractivity contribution in [2.45, 2.75) is 145 Å². The largest absolute Gasteiger partial charge is 0.462 e. The standard InChI is InChI=1S/C100H118N22O6/c1-8-92(123)120-47-44-117(58-74(120)30-36-101)95-83-33-41-114(89-28-17-23-67-20-11-14-25-80(67)89)61-86(83)104-100(109-95)128-66-79-53-73(57-113(79)10-3)71-51-69-22-13-16-27-82(69)91(55-71)116-43-35-85-88(63-116)106-99(108-97(85)118-45-48-121(93(124)9-2)75(59-118)31-37-102)127-65-78-52-72(56-112(78)7)70-50-68-21-12-15-26-81(68)90(54-70)115-42-34-84-87(62-115)105-98(126-64-77-24-18-40-111(77)6)107-96(84)119-46-49-122(76(60-119)32-38-103)94(125)29-19-39-110(4)5/h8-9,11-17,19-23,25-29,50-51,54-55,72-79,92,123H,1-2,10,18,24,30-35,39-49,52-53,56-66H2,3-7H3/b29-19+/t72?,73?,74?,75-,76-,77-,78-,79-,92?/m0/s1. The second-order valence-corrected chi connectivity index (χ2v) is 36.4. The van der Waals surface area contributed by atoms with E-state index >= 15 is 0 Å². The molecule has 28 nitrogen and oxygen atoms in total. The molecule has 6 fully saturated rings. The van der Waals surface area contributed by atoms with Crippen LogP contribution in [0.5, 0.6) is 18.0 Å². The number of benzene rings is 6. The average Bonchev–Trinajstić information content (AvgIpc) is 1.72. The lowest BCUT2D eigenvalue weighted by molar-refractivity contribution is -0.129. The number of anilines is 6. The van der Waals surface area contributed by atoms with Crippen molar-refractivity contribution < 1.29 is 28.9 Å². The van der Waals surface area contributed by atoms with Crippen LogP contribution in [0.15, 0.2) is 153 Å². The van der Waals surface area contributed by atoms with Crippen LogP contribution in [-0.4, -0.2) is 283 Å². The molecule has 0 saturated carbocycles. The van der Waals surface area contributed by atoms with Crippen molar-refractivity contribution in [2.75, 3.05) is 189 Å². The van der Waals surface area contributed by atoms with Crippen molar-refractivity contribution in [1.29, 1.82) is 15.8 Å². The lowest BCUT2D eigenvalue weighted by Crippen LogP contribution is -2.56. The van der Waals surface area contributed by atoms with Crippen molar-refractivity contribution >= 4 is 78.6 Å². The van der Waals surface area contributed by atoms with Crippen molar-refractivity contribution in [2.24, 2.45) is 0 Å². The number of nitriles is 3. The third-order valence-electron chi connectivity index (χ3n) is 28.4. The van der Waals surface area contributed by atoms with Crippen molar-refractivity contribution in [1.82, 2.24) is 64.2 Å². The Morgan fingerprint density at radius 3 is 1.47 bits per heavy atom. The van der Waals surface area contributed by atoms with Crippen molar-refractivity contribution in [3.63, 3.8) is 0 Å². The summed E-state index contributed by atoms with van der Waals surface area (Å²) in [6, 6.07) is 49.6. The molecule has 1 N–H and O–H groups in total. The van der Waals surface area contributed by atoms with Crippen LogP contribution < -0.4 is 43.6 Å². The number of likely N-dealkylation sites (tertiary alicyclic amines) is 3. The number of carbonyl (C=O) groups excluding carboxylic acids is 2. The molecule has 9 aliphatic rings. The number of ether oxygens (including phenoxy) is 3. The predicted octanol–water partition coefficient (Wildman–Crippen LogP) is 10.9. The summed E-state index contributed by atoms with van der Waals surface area (Å²) in [6.07, 6.45) is 12.1. The Bertz CT molecular complexity index is 5780. The van der Waals surface area contributed by atoms with Crippen molar-refractivity contribution in [3.8, 4) is 36.2 Å². The molecular weight excluding hydrogens is 1610 g/mol. The van der Waals surface area contributed by atoms with Crippen molar-refractivity contribution in [3.05, 3.63) is 198 Å². The number of amides is 2. The molecule has 6 aromatic carbocycles. The van der Waals surface area contributed by atoms with Gasteiger partial charge in [0.15, 0.2) is 0 Å². The van der Waals surface area contributed by atoms with Crippen LogP contribution in [0.25, 0.3) is 32.3 Å². The van der Waals surface area contributed by atoms with E-state index in [-0.39, 0.29) is 79.2 Å².